The number of nitrogens with zero attached hydrogens (tertiary/aromatic N) is 1. The Morgan fingerprint density at radius 1 is 0.929 bits per heavy atom. The van der Waals surface area contributed by atoms with Crippen LogP contribution in [-0.2, 0) is 0 Å². The van der Waals surface area contributed by atoms with Gasteiger partial charge in [0.15, 0.2) is 0 Å². The van der Waals surface area contributed by atoms with Crippen molar-refractivity contribution in [1.29, 1.82) is 0 Å². The Labute approximate surface area is 171 Å². The molecular formula is C21H17N3O2S2. The summed E-state index contributed by atoms with van der Waals surface area (Å²) in [6.07, 6.45) is 0. The van der Waals surface area contributed by atoms with Gasteiger partial charge in [-0.25, -0.2) is 0 Å². The molecule has 0 fully saturated rings. The number of carbonyl (C=O) groups excluding carboxylic acids is 2. The van der Waals surface area contributed by atoms with Crippen LogP contribution >= 0.6 is 24.1 Å². The molecule has 0 bridgehead atoms. The number of anilines is 2. The third-order valence-corrected chi connectivity index (χ3v) is 5.71. The Morgan fingerprint density at radius 3 is 2.50 bits per heavy atom. The van der Waals surface area contributed by atoms with Crippen molar-refractivity contribution in [3.8, 4) is 11.1 Å². The zero-order chi connectivity index (χ0) is 19.5. The maximum absolute atomic E-state index is 12.1. The standard InChI is InChI=1S/C21H17N3O2S2/c1-14-7-5-10-16(13-14)20(25)22-21(26)27-23-28-24-18-12-6-11-17(19(18)24)15-8-3-2-4-9-15/h2-13,23H,1H3,(H,22,25,26). The number of hydrogen-bond donors (Lipinski definition) is 2. The largest absolute Gasteiger partial charge is 0.301 e. The molecule has 3 aromatic carbocycles. The van der Waals surface area contributed by atoms with Gasteiger partial charge in [-0.2, -0.15) is 4.13 Å². The summed E-state index contributed by atoms with van der Waals surface area (Å²) in [5, 5.41) is 1.92. The normalized spacial score (nSPS) is 11.7. The minimum Gasteiger partial charge on any atom is -0.282 e. The van der Waals surface area contributed by atoms with E-state index in [9.17, 15) is 9.59 Å². The predicted octanol–water partition coefficient (Wildman–Crippen LogP) is 5.46. The van der Waals surface area contributed by atoms with Crippen molar-refractivity contribution in [2.45, 2.75) is 6.92 Å². The molecule has 0 atom stereocenters. The first-order valence-corrected chi connectivity index (χ1v) is 10.2. The summed E-state index contributed by atoms with van der Waals surface area (Å²) in [7, 11) is 0. The molecule has 0 saturated carbocycles. The maximum Gasteiger partial charge on any atom is 0.301 e. The van der Waals surface area contributed by atoms with Crippen LogP contribution in [0.3, 0.4) is 0 Å². The molecule has 0 radical (unpaired) electrons. The lowest BCUT2D eigenvalue weighted by molar-refractivity contribution is 0.0969. The molecular weight excluding hydrogens is 390 g/mol. The van der Waals surface area contributed by atoms with Crippen molar-refractivity contribution in [3.05, 3.63) is 83.9 Å². The summed E-state index contributed by atoms with van der Waals surface area (Å²) >= 11 is 2.15. The first kappa shape index (κ1) is 18.6. The Kier molecular flexibility index (Phi) is 5.38. The van der Waals surface area contributed by atoms with Gasteiger partial charge in [0, 0.05) is 23.1 Å². The highest BCUT2D eigenvalue weighted by atomic mass is 32.2. The van der Waals surface area contributed by atoms with Crippen LogP contribution in [0.1, 0.15) is 15.9 Å². The molecule has 0 aliphatic carbocycles. The van der Waals surface area contributed by atoms with Gasteiger partial charge in [0.2, 0.25) is 0 Å². The van der Waals surface area contributed by atoms with E-state index in [4.69, 9.17) is 0 Å². The monoisotopic (exact) mass is 407 g/mol. The summed E-state index contributed by atoms with van der Waals surface area (Å²) in [4.78, 5) is 24.1. The fraction of sp³-hybridized carbons (Fsp3) is 0.0476. The topological polar surface area (TPSA) is 61.2 Å². The molecule has 0 spiro atoms. The van der Waals surface area contributed by atoms with E-state index in [2.05, 4.69) is 27.6 Å². The van der Waals surface area contributed by atoms with Gasteiger partial charge < -0.3 is 0 Å². The van der Waals surface area contributed by atoms with Gasteiger partial charge in [0.25, 0.3) is 5.91 Å². The summed E-state index contributed by atoms with van der Waals surface area (Å²) in [5.74, 6) is -0.408. The zero-order valence-electron chi connectivity index (χ0n) is 15.0. The van der Waals surface area contributed by atoms with E-state index < -0.39 is 11.1 Å². The molecule has 1 aliphatic heterocycles. The molecule has 0 saturated heterocycles. The van der Waals surface area contributed by atoms with Crippen LogP contribution in [0.2, 0.25) is 0 Å². The Hall–Kier alpha value is -2.74. The fourth-order valence-corrected chi connectivity index (χ4v) is 4.27. The van der Waals surface area contributed by atoms with Crippen LogP contribution in [0.4, 0.5) is 16.2 Å². The summed E-state index contributed by atoms with van der Waals surface area (Å²) in [6.45, 7) is 1.90. The SMILES string of the molecule is Cc1cccc(C(=O)NC(=O)SNSN2c3cccc(-c4ccccc4)c32)c1. The molecule has 0 aromatic heterocycles. The second-order valence-electron chi connectivity index (χ2n) is 6.22. The average molecular weight is 408 g/mol. The van der Waals surface area contributed by atoms with Crippen molar-refractivity contribution in [2.24, 2.45) is 0 Å². The predicted molar refractivity (Wildman–Crippen MR) is 116 cm³/mol. The molecule has 0 unspecified atom stereocenters. The van der Waals surface area contributed by atoms with Gasteiger partial charge in [-0.05, 0) is 30.7 Å². The molecule has 3 aromatic rings. The Balaban J connectivity index is 1.30. The minimum absolute atomic E-state index is 0.408. The van der Waals surface area contributed by atoms with Crippen molar-refractivity contribution in [1.82, 2.24) is 9.44 Å². The summed E-state index contributed by atoms with van der Waals surface area (Å²) in [6, 6.07) is 23.4. The highest BCUT2D eigenvalue weighted by Crippen LogP contribution is 2.57. The van der Waals surface area contributed by atoms with Gasteiger partial charge >= 0.3 is 5.24 Å². The number of hydrogen-bond acceptors (Lipinski definition) is 6. The number of amides is 2. The van der Waals surface area contributed by atoms with E-state index in [0.29, 0.717) is 5.56 Å². The second kappa shape index (κ2) is 8.10. The Bertz CT molecular complexity index is 1040. The van der Waals surface area contributed by atoms with Gasteiger partial charge in [0.1, 0.15) is 0 Å². The second-order valence-corrected chi connectivity index (χ2v) is 8.01. The van der Waals surface area contributed by atoms with Gasteiger partial charge in [0.05, 0.1) is 23.5 Å². The molecule has 140 valence electrons. The molecule has 4 rings (SSSR count). The smallest absolute Gasteiger partial charge is 0.282 e. The number of carbonyl (C=O) groups is 2. The van der Waals surface area contributed by atoms with Crippen molar-refractivity contribution >= 4 is 46.6 Å². The van der Waals surface area contributed by atoms with E-state index in [1.54, 1.807) is 18.2 Å². The van der Waals surface area contributed by atoms with Gasteiger partial charge in [-0.15, -0.1) is 0 Å². The van der Waals surface area contributed by atoms with E-state index >= 15 is 0 Å². The molecule has 7 heteroatoms. The van der Waals surface area contributed by atoms with Crippen molar-refractivity contribution in [3.63, 3.8) is 0 Å². The zero-order valence-corrected chi connectivity index (χ0v) is 16.6. The quantitative estimate of drug-likeness (QED) is 0.432. The molecule has 2 N–H and O–H groups in total. The number of para-hydroxylation sites is 1. The number of imide groups is 1. The van der Waals surface area contributed by atoms with Crippen LogP contribution < -0.4 is 13.7 Å². The number of rotatable bonds is 5. The number of nitrogens with one attached hydrogen (secondary N) is 2. The lowest BCUT2D eigenvalue weighted by atomic mass is 10.1. The molecule has 5 nitrogen and oxygen atoms in total. The lowest BCUT2D eigenvalue weighted by Crippen LogP contribution is -2.28. The molecule has 2 amide bonds. The Morgan fingerprint density at radius 2 is 1.71 bits per heavy atom. The van der Waals surface area contributed by atoms with E-state index in [1.165, 1.54) is 12.1 Å². The van der Waals surface area contributed by atoms with Crippen LogP contribution in [0, 0.1) is 6.92 Å². The number of fused-ring (bicyclic) bond motifs is 1. The number of benzene rings is 3. The van der Waals surface area contributed by atoms with Crippen molar-refractivity contribution < 1.29 is 9.59 Å². The van der Waals surface area contributed by atoms with Gasteiger partial charge in [-0.1, -0.05) is 60.2 Å². The van der Waals surface area contributed by atoms with Crippen LogP contribution in [0.25, 0.3) is 11.1 Å². The minimum atomic E-state index is -0.451. The fourth-order valence-electron chi connectivity index (χ4n) is 2.89. The van der Waals surface area contributed by atoms with Crippen LogP contribution in [-0.4, -0.2) is 11.1 Å². The van der Waals surface area contributed by atoms with E-state index in [1.807, 2.05) is 47.6 Å². The first-order valence-electron chi connectivity index (χ1n) is 8.63. The molecule has 1 heterocycles. The molecule has 1 aliphatic rings. The highest BCUT2D eigenvalue weighted by Gasteiger charge is 2.33. The van der Waals surface area contributed by atoms with E-state index in [-0.39, 0.29) is 0 Å². The van der Waals surface area contributed by atoms with Crippen LogP contribution in [0.5, 0.6) is 0 Å². The molecule has 28 heavy (non-hydrogen) atoms. The lowest BCUT2D eigenvalue weighted by Gasteiger charge is -2.06. The number of aryl methyl sites for hydroxylation is 1. The summed E-state index contributed by atoms with van der Waals surface area (Å²) in [5.41, 5.74) is 5.97. The van der Waals surface area contributed by atoms with Gasteiger partial charge in [-0.3, -0.25) is 19.2 Å². The van der Waals surface area contributed by atoms with Crippen molar-refractivity contribution in [2.75, 3.05) is 4.31 Å². The average Bonchev–Trinajstić information content (AvgIpc) is 3.42. The van der Waals surface area contributed by atoms with Crippen LogP contribution in [0.15, 0.2) is 72.8 Å². The maximum atomic E-state index is 12.1. The summed E-state index contributed by atoms with van der Waals surface area (Å²) < 4.78 is 4.95. The third kappa shape index (κ3) is 4.06. The first-order chi connectivity index (χ1) is 13.6. The highest BCUT2D eigenvalue weighted by molar-refractivity contribution is 8.21. The third-order valence-electron chi connectivity index (χ3n) is 4.23. The van der Waals surface area contributed by atoms with E-state index in [0.717, 1.165) is 40.0 Å².